The van der Waals surface area contributed by atoms with Gasteiger partial charge in [-0.2, -0.15) is 0 Å². The minimum atomic E-state index is 0.138. The Hall–Kier alpha value is -2.74. The van der Waals surface area contributed by atoms with E-state index in [-0.39, 0.29) is 11.7 Å². The van der Waals surface area contributed by atoms with Crippen molar-refractivity contribution in [3.05, 3.63) is 102 Å². The number of aromatic nitrogens is 1. The monoisotopic (exact) mass is 301 g/mol. The fourth-order valence-corrected chi connectivity index (χ4v) is 2.77. The number of Topliss-reactive ketones (excluding diaryl/α,β-unsaturated/α-hetero) is 1. The highest BCUT2D eigenvalue weighted by Crippen LogP contribution is 2.25. The number of benzene rings is 2. The van der Waals surface area contributed by atoms with E-state index in [1.807, 2.05) is 66.7 Å². The van der Waals surface area contributed by atoms with Crippen LogP contribution in [0.1, 0.15) is 34.0 Å². The lowest BCUT2D eigenvalue weighted by molar-refractivity contribution is 0.0973. The van der Waals surface area contributed by atoms with Crippen molar-refractivity contribution >= 4 is 5.78 Å². The van der Waals surface area contributed by atoms with Crippen LogP contribution in [0.3, 0.4) is 0 Å². The number of pyridine rings is 1. The summed E-state index contributed by atoms with van der Waals surface area (Å²) in [4.78, 5) is 17.0. The normalized spacial score (nSPS) is 11.8. The van der Waals surface area contributed by atoms with Crippen LogP contribution in [-0.4, -0.2) is 10.8 Å². The third-order valence-corrected chi connectivity index (χ3v) is 3.98. The molecule has 114 valence electrons. The summed E-state index contributed by atoms with van der Waals surface area (Å²) in [6.07, 6.45) is 3.06. The molecule has 1 aromatic heterocycles. The fraction of sp³-hybridized carbons (Fsp3) is 0.143. The largest absolute Gasteiger partial charge is 0.294 e. The van der Waals surface area contributed by atoms with E-state index >= 15 is 0 Å². The van der Waals surface area contributed by atoms with E-state index in [2.05, 4.69) is 17.1 Å². The number of carbonyl (C=O) groups is 1. The van der Waals surface area contributed by atoms with Crippen molar-refractivity contribution in [3.63, 3.8) is 0 Å². The quantitative estimate of drug-likeness (QED) is 0.619. The first-order valence-electron chi connectivity index (χ1n) is 7.86. The van der Waals surface area contributed by atoms with Gasteiger partial charge in [0.2, 0.25) is 0 Å². The molecule has 1 heterocycles. The van der Waals surface area contributed by atoms with Crippen LogP contribution in [0.25, 0.3) is 0 Å². The molecule has 2 aromatic carbocycles. The van der Waals surface area contributed by atoms with Crippen LogP contribution >= 0.6 is 0 Å². The molecule has 0 bridgehead atoms. The molecule has 0 fully saturated rings. The molecule has 2 heteroatoms. The molecule has 2 nitrogen and oxygen atoms in total. The second-order valence-electron chi connectivity index (χ2n) is 5.63. The Balaban J connectivity index is 1.82. The molecule has 3 rings (SSSR count). The number of hydrogen-bond donors (Lipinski definition) is 0. The molecule has 0 saturated carbocycles. The van der Waals surface area contributed by atoms with Gasteiger partial charge in [-0.25, -0.2) is 0 Å². The molecule has 0 aliphatic heterocycles. The number of nitrogens with zero attached hydrogens (tertiary/aromatic N) is 1. The zero-order valence-corrected chi connectivity index (χ0v) is 12.9. The smallest absolute Gasteiger partial charge is 0.163 e. The molecule has 0 spiro atoms. The fourth-order valence-electron chi connectivity index (χ4n) is 2.77. The molecule has 0 aliphatic rings. The average Bonchev–Trinajstić information content (AvgIpc) is 2.63. The highest BCUT2D eigenvalue weighted by Gasteiger charge is 2.18. The van der Waals surface area contributed by atoms with Crippen LogP contribution < -0.4 is 0 Å². The summed E-state index contributed by atoms with van der Waals surface area (Å²) in [6.45, 7) is 0. The van der Waals surface area contributed by atoms with Crippen molar-refractivity contribution in [1.82, 2.24) is 4.98 Å². The number of hydrogen-bond acceptors (Lipinski definition) is 2. The summed E-state index contributed by atoms with van der Waals surface area (Å²) < 4.78 is 0. The van der Waals surface area contributed by atoms with Gasteiger partial charge < -0.3 is 0 Å². The lowest BCUT2D eigenvalue weighted by atomic mass is 9.88. The van der Waals surface area contributed by atoms with Crippen molar-refractivity contribution in [2.45, 2.75) is 18.8 Å². The van der Waals surface area contributed by atoms with E-state index in [9.17, 15) is 4.79 Å². The van der Waals surface area contributed by atoms with Crippen molar-refractivity contribution in [2.75, 3.05) is 0 Å². The Kier molecular flexibility index (Phi) is 4.95. The van der Waals surface area contributed by atoms with Gasteiger partial charge in [-0.1, -0.05) is 66.7 Å². The highest BCUT2D eigenvalue weighted by molar-refractivity contribution is 5.96. The molecule has 0 aliphatic carbocycles. The maximum absolute atomic E-state index is 12.6. The summed E-state index contributed by atoms with van der Waals surface area (Å²) in [5.41, 5.74) is 2.97. The SMILES string of the molecule is O=C(CC(Cc1ccccn1)c1ccccc1)c1ccccc1. The number of carbonyl (C=O) groups excluding carboxylic acids is 1. The number of ketones is 1. The van der Waals surface area contributed by atoms with Crippen LogP contribution in [0.15, 0.2) is 85.1 Å². The maximum atomic E-state index is 12.6. The standard InChI is InChI=1S/C21H19NO/c23-21(18-11-5-2-6-12-18)16-19(17-9-3-1-4-10-17)15-20-13-7-8-14-22-20/h1-14,19H,15-16H2. The summed E-state index contributed by atoms with van der Waals surface area (Å²) in [5, 5.41) is 0. The van der Waals surface area contributed by atoms with Crippen molar-refractivity contribution in [1.29, 1.82) is 0 Å². The topological polar surface area (TPSA) is 30.0 Å². The summed E-state index contributed by atoms with van der Waals surface area (Å²) >= 11 is 0. The summed E-state index contributed by atoms with van der Waals surface area (Å²) in [5.74, 6) is 0.314. The zero-order chi connectivity index (χ0) is 15.9. The van der Waals surface area contributed by atoms with Gasteiger partial charge in [-0.05, 0) is 30.0 Å². The molecule has 23 heavy (non-hydrogen) atoms. The minimum absolute atomic E-state index is 0.138. The Morgan fingerprint density at radius 1 is 0.826 bits per heavy atom. The second-order valence-corrected chi connectivity index (χ2v) is 5.63. The van der Waals surface area contributed by atoms with Crippen LogP contribution in [0.4, 0.5) is 0 Å². The Morgan fingerprint density at radius 2 is 1.48 bits per heavy atom. The van der Waals surface area contributed by atoms with Crippen LogP contribution in [0.2, 0.25) is 0 Å². The van der Waals surface area contributed by atoms with E-state index in [0.717, 1.165) is 17.7 Å². The molecule has 0 saturated heterocycles. The van der Waals surface area contributed by atoms with Crippen LogP contribution in [-0.2, 0) is 6.42 Å². The second kappa shape index (κ2) is 7.50. The molecule has 0 N–H and O–H groups in total. The molecular formula is C21H19NO. The summed E-state index contributed by atoms with van der Waals surface area (Å²) in [7, 11) is 0. The maximum Gasteiger partial charge on any atom is 0.163 e. The molecular weight excluding hydrogens is 282 g/mol. The van der Waals surface area contributed by atoms with Gasteiger partial charge in [0.25, 0.3) is 0 Å². The molecule has 1 unspecified atom stereocenters. The van der Waals surface area contributed by atoms with E-state index in [4.69, 9.17) is 0 Å². The first-order valence-corrected chi connectivity index (χ1v) is 7.86. The predicted molar refractivity (Wildman–Crippen MR) is 92.5 cm³/mol. The van der Waals surface area contributed by atoms with Gasteiger partial charge in [0.1, 0.15) is 0 Å². The van der Waals surface area contributed by atoms with Crippen LogP contribution in [0.5, 0.6) is 0 Å². The van der Waals surface area contributed by atoms with E-state index in [1.54, 1.807) is 6.20 Å². The summed E-state index contributed by atoms with van der Waals surface area (Å²) in [6, 6.07) is 25.6. The van der Waals surface area contributed by atoms with Crippen LogP contribution in [0, 0.1) is 0 Å². The van der Waals surface area contributed by atoms with Gasteiger partial charge in [-0.3, -0.25) is 9.78 Å². The van der Waals surface area contributed by atoms with Crippen molar-refractivity contribution in [2.24, 2.45) is 0 Å². The lowest BCUT2D eigenvalue weighted by Gasteiger charge is -2.16. The molecule has 1 atom stereocenters. The minimum Gasteiger partial charge on any atom is -0.294 e. The Morgan fingerprint density at radius 3 is 2.13 bits per heavy atom. The molecule has 0 amide bonds. The Bertz CT molecular complexity index is 739. The molecule has 0 radical (unpaired) electrons. The van der Waals surface area contributed by atoms with E-state index in [0.29, 0.717) is 6.42 Å². The first-order chi connectivity index (χ1) is 11.3. The van der Waals surface area contributed by atoms with Crippen molar-refractivity contribution < 1.29 is 4.79 Å². The van der Waals surface area contributed by atoms with Gasteiger partial charge in [0.15, 0.2) is 5.78 Å². The molecule has 3 aromatic rings. The number of rotatable bonds is 6. The van der Waals surface area contributed by atoms with Crippen molar-refractivity contribution in [3.8, 4) is 0 Å². The van der Waals surface area contributed by atoms with E-state index < -0.39 is 0 Å². The third kappa shape index (κ3) is 4.13. The van der Waals surface area contributed by atoms with Gasteiger partial charge in [0.05, 0.1) is 0 Å². The third-order valence-electron chi connectivity index (χ3n) is 3.98. The van der Waals surface area contributed by atoms with Gasteiger partial charge >= 0.3 is 0 Å². The lowest BCUT2D eigenvalue weighted by Crippen LogP contribution is -2.11. The average molecular weight is 301 g/mol. The van der Waals surface area contributed by atoms with Gasteiger partial charge in [0, 0.05) is 23.9 Å². The highest BCUT2D eigenvalue weighted by atomic mass is 16.1. The predicted octanol–water partition coefficient (Wildman–Crippen LogP) is 4.68. The first kappa shape index (κ1) is 15.2. The van der Waals surface area contributed by atoms with E-state index in [1.165, 1.54) is 5.56 Å². The zero-order valence-electron chi connectivity index (χ0n) is 12.9. The Labute approximate surface area is 136 Å². The van der Waals surface area contributed by atoms with Gasteiger partial charge in [-0.15, -0.1) is 0 Å².